The maximum Gasteiger partial charge on any atom is 0.142 e. The van der Waals surface area contributed by atoms with E-state index in [1.165, 1.54) is 0 Å². The van der Waals surface area contributed by atoms with E-state index in [-0.39, 0.29) is 6.10 Å². The summed E-state index contributed by atoms with van der Waals surface area (Å²) in [5, 5.41) is 1.08. The van der Waals surface area contributed by atoms with Gasteiger partial charge in [-0.2, -0.15) is 0 Å². The predicted molar refractivity (Wildman–Crippen MR) is 61.5 cm³/mol. The summed E-state index contributed by atoms with van der Waals surface area (Å²) in [6, 6.07) is 2.02. The molecule has 5 nitrogen and oxygen atoms in total. The highest BCUT2D eigenvalue weighted by Crippen LogP contribution is 2.23. The van der Waals surface area contributed by atoms with Crippen LogP contribution in [0.1, 0.15) is 6.92 Å². The van der Waals surface area contributed by atoms with Crippen LogP contribution in [0, 0.1) is 0 Å². The number of aromatic amines is 1. The van der Waals surface area contributed by atoms with Crippen LogP contribution >= 0.6 is 0 Å². The van der Waals surface area contributed by atoms with E-state index in [0.717, 1.165) is 36.5 Å². The van der Waals surface area contributed by atoms with Gasteiger partial charge in [0.25, 0.3) is 0 Å². The third-order valence-corrected chi connectivity index (χ3v) is 2.87. The van der Waals surface area contributed by atoms with Crippen molar-refractivity contribution < 1.29 is 4.74 Å². The zero-order valence-electron chi connectivity index (χ0n) is 9.18. The normalized spacial score (nSPS) is 21.6. The second kappa shape index (κ2) is 3.75. The van der Waals surface area contributed by atoms with Crippen LogP contribution in [0.4, 0.5) is 5.82 Å². The Morgan fingerprint density at radius 1 is 1.50 bits per heavy atom. The minimum atomic E-state index is 0.262. The largest absolute Gasteiger partial charge is 0.375 e. The highest BCUT2D eigenvalue weighted by molar-refractivity contribution is 5.87. The van der Waals surface area contributed by atoms with E-state index in [4.69, 9.17) is 4.74 Å². The Balaban J connectivity index is 2.01. The number of hydrogen-bond acceptors (Lipinski definition) is 4. The van der Waals surface area contributed by atoms with Gasteiger partial charge in [-0.3, -0.25) is 0 Å². The van der Waals surface area contributed by atoms with Crippen molar-refractivity contribution in [2.45, 2.75) is 13.0 Å². The van der Waals surface area contributed by atoms with Crippen molar-refractivity contribution in [3.63, 3.8) is 0 Å². The molecule has 1 atom stereocenters. The second-order valence-electron chi connectivity index (χ2n) is 4.06. The molecule has 1 fully saturated rings. The molecule has 0 amide bonds. The number of fused-ring (bicyclic) bond motifs is 1. The number of anilines is 1. The van der Waals surface area contributed by atoms with E-state index in [1.807, 2.05) is 12.3 Å². The minimum Gasteiger partial charge on any atom is -0.375 e. The fourth-order valence-electron chi connectivity index (χ4n) is 2.12. The summed E-state index contributed by atoms with van der Waals surface area (Å²) < 4.78 is 5.53. The first kappa shape index (κ1) is 9.59. The lowest BCUT2D eigenvalue weighted by molar-refractivity contribution is 0.0530. The average Bonchev–Trinajstić information content (AvgIpc) is 2.76. The molecule has 3 heterocycles. The van der Waals surface area contributed by atoms with Gasteiger partial charge in [-0.1, -0.05) is 0 Å². The lowest BCUT2D eigenvalue weighted by Gasteiger charge is -2.32. The van der Waals surface area contributed by atoms with Crippen LogP contribution in [-0.2, 0) is 4.74 Å². The zero-order chi connectivity index (χ0) is 11.0. The first-order valence-corrected chi connectivity index (χ1v) is 5.49. The van der Waals surface area contributed by atoms with Crippen LogP contribution < -0.4 is 4.90 Å². The van der Waals surface area contributed by atoms with E-state index in [9.17, 15) is 0 Å². The van der Waals surface area contributed by atoms with Gasteiger partial charge in [-0.05, 0) is 13.0 Å². The number of hydrogen-bond donors (Lipinski definition) is 1. The Morgan fingerprint density at radius 2 is 2.44 bits per heavy atom. The van der Waals surface area contributed by atoms with Gasteiger partial charge in [-0.15, -0.1) is 0 Å². The minimum absolute atomic E-state index is 0.262. The molecule has 1 saturated heterocycles. The summed E-state index contributed by atoms with van der Waals surface area (Å²) in [5.41, 5.74) is 0.893. The molecule has 0 bridgehead atoms. The van der Waals surface area contributed by atoms with Crippen LogP contribution in [0.3, 0.4) is 0 Å². The molecule has 16 heavy (non-hydrogen) atoms. The molecule has 84 valence electrons. The molecule has 5 heteroatoms. The fraction of sp³-hybridized carbons (Fsp3) is 0.455. The van der Waals surface area contributed by atoms with Gasteiger partial charge in [0.15, 0.2) is 0 Å². The van der Waals surface area contributed by atoms with Gasteiger partial charge < -0.3 is 14.6 Å². The first-order chi connectivity index (χ1) is 7.84. The van der Waals surface area contributed by atoms with Crippen molar-refractivity contribution in [1.29, 1.82) is 0 Å². The first-order valence-electron chi connectivity index (χ1n) is 5.49. The van der Waals surface area contributed by atoms with E-state index in [0.29, 0.717) is 0 Å². The van der Waals surface area contributed by atoms with Crippen molar-refractivity contribution in [3.8, 4) is 0 Å². The molecule has 0 aromatic carbocycles. The summed E-state index contributed by atoms with van der Waals surface area (Å²) in [7, 11) is 0. The van der Waals surface area contributed by atoms with Crippen LogP contribution in [0.15, 0.2) is 18.6 Å². The third-order valence-electron chi connectivity index (χ3n) is 2.87. The smallest absolute Gasteiger partial charge is 0.142 e. The highest BCUT2D eigenvalue weighted by Gasteiger charge is 2.19. The Bertz CT molecular complexity index is 495. The summed E-state index contributed by atoms with van der Waals surface area (Å²) in [6.07, 6.45) is 3.76. The Kier molecular flexibility index (Phi) is 2.25. The summed E-state index contributed by atoms with van der Waals surface area (Å²) in [6.45, 7) is 4.62. The van der Waals surface area contributed by atoms with Gasteiger partial charge in [0, 0.05) is 19.3 Å². The molecule has 2 aromatic rings. The molecule has 0 radical (unpaired) electrons. The Morgan fingerprint density at radius 3 is 3.31 bits per heavy atom. The van der Waals surface area contributed by atoms with Crippen LogP contribution in [0.2, 0.25) is 0 Å². The monoisotopic (exact) mass is 218 g/mol. The molecule has 2 aromatic heterocycles. The van der Waals surface area contributed by atoms with Gasteiger partial charge in [0.1, 0.15) is 17.8 Å². The molecule has 1 N–H and O–H groups in total. The molecule has 1 aliphatic heterocycles. The number of nitrogens with one attached hydrogen (secondary N) is 1. The van der Waals surface area contributed by atoms with Crippen molar-refractivity contribution in [3.05, 3.63) is 18.6 Å². The predicted octanol–water partition coefficient (Wildman–Crippen LogP) is 1.18. The highest BCUT2D eigenvalue weighted by atomic mass is 16.5. The Hall–Kier alpha value is -1.62. The van der Waals surface area contributed by atoms with Gasteiger partial charge >= 0.3 is 0 Å². The maximum absolute atomic E-state index is 5.53. The van der Waals surface area contributed by atoms with E-state index < -0.39 is 0 Å². The van der Waals surface area contributed by atoms with E-state index >= 15 is 0 Å². The quantitative estimate of drug-likeness (QED) is 0.781. The van der Waals surface area contributed by atoms with Crippen molar-refractivity contribution >= 4 is 16.9 Å². The summed E-state index contributed by atoms with van der Waals surface area (Å²) >= 11 is 0. The van der Waals surface area contributed by atoms with Gasteiger partial charge in [0.2, 0.25) is 0 Å². The second-order valence-corrected chi connectivity index (χ2v) is 4.06. The molecule has 1 aliphatic rings. The van der Waals surface area contributed by atoms with Crippen LogP contribution in [0.5, 0.6) is 0 Å². The molecule has 0 unspecified atom stereocenters. The van der Waals surface area contributed by atoms with Crippen LogP contribution in [-0.4, -0.2) is 40.8 Å². The third kappa shape index (κ3) is 1.53. The number of morpholine rings is 1. The lowest BCUT2D eigenvalue weighted by atomic mass is 10.2. The Labute approximate surface area is 93.5 Å². The van der Waals surface area contributed by atoms with E-state index in [1.54, 1.807) is 6.33 Å². The number of nitrogens with zero attached hydrogens (tertiary/aromatic N) is 3. The average molecular weight is 218 g/mol. The van der Waals surface area contributed by atoms with Crippen molar-refractivity contribution in [2.24, 2.45) is 0 Å². The molecule has 3 rings (SSSR count). The standard InChI is InChI=1S/C11H14N4O/c1-8-6-15(4-5-16-8)11-9-2-3-12-10(9)13-7-14-11/h2-3,7-8H,4-6H2,1H3,(H,12,13,14)/t8-/m1/s1. The molecular formula is C11H14N4O. The van der Waals surface area contributed by atoms with Crippen molar-refractivity contribution in [1.82, 2.24) is 15.0 Å². The van der Waals surface area contributed by atoms with E-state index in [2.05, 4.69) is 26.8 Å². The molecule has 0 saturated carbocycles. The summed E-state index contributed by atoms with van der Waals surface area (Å²) in [4.78, 5) is 13.9. The number of aromatic nitrogens is 3. The maximum atomic E-state index is 5.53. The topological polar surface area (TPSA) is 54.0 Å². The van der Waals surface area contributed by atoms with Gasteiger partial charge in [0.05, 0.1) is 18.1 Å². The lowest BCUT2D eigenvalue weighted by Crippen LogP contribution is -2.41. The van der Waals surface area contributed by atoms with Crippen molar-refractivity contribution in [2.75, 3.05) is 24.6 Å². The number of rotatable bonds is 1. The molecule has 0 spiro atoms. The van der Waals surface area contributed by atoms with Gasteiger partial charge in [-0.25, -0.2) is 9.97 Å². The molecular weight excluding hydrogens is 204 g/mol. The number of ether oxygens (including phenoxy) is 1. The SMILES string of the molecule is C[C@@H]1CN(c2ncnc3[nH]ccc23)CCO1. The fourth-order valence-corrected chi connectivity index (χ4v) is 2.12. The molecule has 0 aliphatic carbocycles. The number of H-pyrrole nitrogens is 1. The van der Waals surface area contributed by atoms with Crippen LogP contribution in [0.25, 0.3) is 11.0 Å². The summed E-state index contributed by atoms with van der Waals surface area (Å²) in [5.74, 6) is 1.00. The zero-order valence-corrected chi connectivity index (χ0v) is 9.18.